The van der Waals surface area contributed by atoms with E-state index in [0.717, 1.165) is 5.56 Å². The molecular formula is C29H29Cl2NO6. The third-order valence-corrected chi connectivity index (χ3v) is 7.41. The van der Waals surface area contributed by atoms with Gasteiger partial charge in [-0.2, -0.15) is 0 Å². The molecule has 9 heteroatoms. The molecule has 3 atom stereocenters. The Morgan fingerprint density at radius 1 is 1.05 bits per heavy atom. The monoisotopic (exact) mass is 557 g/mol. The average Bonchev–Trinajstić information content (AvgIpc) is 2.88. The molecule has 0 aromatic heterocycles. The molecule has 1 heterocycles. The molecule has 0 bridgehead atoms. The van der Waals surface area contributed by atoms with Crippen LogP contribution in [0.4, 0.5) is 0 Å². The second kappa shape index (κ2) is 11.6. The van der Waals surface area contributed by atoms with Crippen LogP contribution in [0.25, 0.3) is 0 Å². The standard InChI is InChI=1S/C29H29Cl2NO6/c1-5-37-28(34)23-15(3)32-22-14-20(16-8-7-9-18(12-16)36-4)25(29(35)38-6-2)27(33)26(22)24(23)19-11-10-17(30)13-21(19)31/h7-13,20,24-25,32H,5-6,14H2,1-4H3/t20-,24-,25+/m1/s1. The maximum Gasteiger partial charge on any atom is 0.336 e. The molecule has 0 unspecified atom stereocenters. The summed E-state index contributed by atoms with van der Waals surface area (Å²) in [4.78, 5) is 40.8. The molecule has 0 saturated carbocycles. The zero-order valence-corrected chi connectivity index (χ0v) is 23.1. The van der Waals surface area contributed by atoms with Gasteiger partial charge in [-0.05, 0) is 62.6 Å². The van der Waals surface area contributed by atoms with Crippen LogP contribution in [0.2, 0.25) is 10.0 Å². The fourth-order valence-corrected chi connectivity index (χ4v) is 5.77. The van der Waals surface area contributed by atoms with Crippen LogP contribution in [0.1, 0.15) is 50.2 Å². The van der Waals surface area contributed by atoms with E-state index in [2.05, 4.69) is 5.32 Å². The number of methoxy groups -OCH3 is 1. The Morgan fingerprint density at radius 2 is 1.79 bits per heavy atom. The van der Waals surface area contributed by atoms with Crippen molar-refractivity contribution in [3.63, 3.8) is 0 Å². The van der Waals surface area contributed by atoms with Gasteiger partial charge in [-0.25, -0.2) is 4.79 Å². The minimum absolute atomic E-state index is 0.122. The van der Waals surface area contributed by atoms with Crippen LogP contribution in [-0.2, 0) is 23.9 Å². The van der Waals surface area contributed by atoms with E-state index in [1.165, 1.54) is 0 Å². The van der Waals surface area contributed by atoms with E-state index >= 15 is 0 Å². The number of ether oxygens (including phenoxy) is 3. The molecule has 4 rings (SSSR count). The van der Waals surface area contributed by atoms with Gasteiger partial charge in [-0.3, -0.25) is 9.59 Å². The van der Waals surface area contributed by atoms with Gasteiger partial charge in [-0.1, -0.05) is 41.4 Å². The van der Waals surface area contributed by atoms with E-state index in [0.29, 0.717) is 44.7 Å². The van der Waals surface area contributed by atoms with Crippen molar-refractivity contribution in [2.75, 3.05) is 20.3 Å². The molecule has 1 aliphatic heterocycles. The second-order valence-corrected chi connectivity index (χ2v) is 9.90. The minimum atomic E-state index is -1.13. The van der Waals surface area contributed by atoms with Crippen LogP contribution in [0.15, 0.2) is 65.0 Å². The molecule has 0 amide bonds. The van der Waals surface area contributed by atoms with Gasteiger partial charge in [0.2, 0.25) is 0 Å². The van der Waals surface area contributed by atoms with Crippen molar-refractivity contribution in [3.8, 4) is 5.75 Å². The Labute approximate surface area is 231 Å². The van der Waals surface area contributed by atoms with Crippen molar-refractivity contribution in [1.82, 2.24) is 5.32 Å². The van der Waals surface area contributed by atoms with Crippen LogP contribution in [0.3, 0.4) is 0 Å². The summed E-state index contributed by atoms with van der Waals surface area (Å²) in [7, 11) is 1.56. The number of benzene rings is 2. The number of hydrogen-bond acceptors (Lipinski definition) is 7. The summed E-state index contributed by atoms with van der Waals surface area (Å²) in [6, 6.07) is 12.2. The quantitative estimate of drug-likeness (QED) is 0.344. The Kier molecular flexibility index (Phi) is 8.48. The molecule has 0 spiro atoms. The molecular weight excluding hydrogens is 529 g/mol. The molecule has 2 aromatic rings. The van der Waals surface area contributed by atoms with Crippen molar-refractivity contribution in [2.45, 2.75) is 39.0 Å². The van der Waals surface area contributed by atoms with E-state index in [9.17, 15) is 14.4 Å². The number of hydrogen-bond donors (Lipinski definition) is 1. The first-order valence-corrected chi connectivity index (χ1v) is 13.1. The molecule has 7 nitrogen and oxygen atoms in total. The van der Waals surface area contributed by atoms with Gasteiger partial charge in [0.05, 0.1) is 25.9 Å². The highest BCUT2D eigenvalue weighted by molar-refractivity contribution is 6.35. The topological polar surface area (TPSA) is 90.9 Å². The molecule has 1 aliphatic carbocycles. The lowest BCUT2D eigenvalue weighted by Crippen LogP contribution is -2.43. The Morgan fingerprint density at radius 3 is 2.45 bits per heavy atom. The zero-order chi connectivity index (χ0) is 27.6. The maximum absolute atomic E-state index is 14.3. The van der Waals surface area contributed by atoms with Gasteiger partial charge >= 0.3 is 11.9 Å². The lowest BCUT2D eigenvalue weighted by Gasteiger charge is -2.39. The lowest BCUT2D eigenvalue weighted by molar-refractivity contribution is -0.152. The van der Waals surface area contributed by atoms with E-state index in [-0.39, 0.29) is 18.8 Å². The lowest BCUT2D eigenvalue weighted by atomic mass is 9.67. The summed E-state index contributed by atoms with van der Waals surface area (Å²) < 4.78 is 16.1. The Hall–Kier alpha value is -3.29. The molecule has 200 valence electrons. The van der Waals surface area contributed by atoms with Crippen molar-refractivity contribution >= 4 is 40.9 Å². The first-order valence-electron chi connectivity index (χ1n) is 12.4. The molecule has 2 aromatic carbocycles. The predicted octanol–water partition coefficient (Wildman–Crippen LogP) is 5.72. The Balaban J connectivity index is 1.93. The number of carbonyl (C=O) groups is 3. The highest BCUT2D eigenvalue weighted by Gasteiger charge is 2.49. The van der Waals surface area contributed by atoms with Crippen molar-refractivity contribution in [1.29, 1.82) is 0 Å². The average molecular weight is 558 g/mol. The van der Waals surface area contributed by atoms with E-state index in [1.807, 2.05) is 18.2 Å². The van der Waals surface area contributed by atoms with E-state index in [1.54, 1.807) is 52.1 Å². The number of allylic oxidation sites excluding steroid dienone is 3. The van der Waals surface area contributed by atoms with E-state index in [4.69, 9.17) is 37.4 Å². The van der Waals surface area contributed by atoms with Crippen molar-refractivity contribution < 1.29 is 28.6 Å². The predicted molar refractivity (Wildman–Crippen MR) is 144 cm³/mol. The first-order chi connectivity index (χ1) is 18.2. The summed E-state index contributed by atoms with van der Waals surface area (Å²) in [5.74, 6) is -3.52. The minimum Gasteiger partial charge on any atom is -0.497 e. The second-order valence-electron chi connectivity index (χ2n) is 9.06. The molecule has 2 aliphatic rings. The van der Waals surface area contributed by atoms with Crippen molar-refractivity contribution in [2.24, 2.45) is 5.92 Å². The van der Waals surface area contributed by atoms with Crippen LogP contribution in [0.5, 0.6) is 5.75 Å². The van der Waals surface area contributed by atoms with Crippen molar-refractivity contribution in [3.05, 3.63) is 86.2 Å². The van der Waals surface area contributed by atoms with Gasteiger partial charge < -0.3 is 19.5 Å². The fraction of sp³-hybridized carbons (Fsp3) is 0.345. The number of esters is 2. The van der Waals surface area contributed by atoms with Gasteiger partial charge in [0.15, 0.2) is 5.78 Å². The fourth-order valence-electron chi connectivity index (χ4n) is 5.25. The third kappa shape index (κ3) is 5.18. The molecule has 1 N–H and O–H groups in total. The van der Waals surface area contributed by atoms with Gasteiger partial charge in [0.1, 0.15) is 11.7 Å². The third-order valence-electron chi connectivity index (χ3n) is 6.85. The number of carbonyl (C=O) groups excluding carboxylic acids is 3. The van der Waals surface area contributed by atoms with Crippen LogP contribution in [0, 0.1) is 5.92 Å². The zero-order valence-electron chi connectivity index (χ0n) is 21.6. The molecule has 38 heavy (non-hydrogen) atoms. The number of halogens is 2. The first kappa shape index (κ1) is 27.7. The highest BCUT2D eigenvalue weighted by atomic mass is 35.5. The summed E-state index contributed by atoms with van der Waals surface area (Å²) in [5.41, 5.74) is 2.99. The summed E-state index contributed by atoms with van der Waals surface area (Å²) >= 11 is 12.8. The normalized spacial score (nSPS) is 21.0. The number of Topliss-reactive ketones (excluding diaryl/α,β-unsaturated/α-hetero) is 1. The largest absolute Gasteiger partial charge is 0.497 e. The van der Waals surface area contributed by atoms with Gasteiger partial charge in [0, 0.05) is 38.8 Å². The SMILES string of the molecule is CCOC(=O)C1=C(C)NC2=C(C(=O)[C@@H](C(=O)OCC)[C@@H](c3cccc(OC)c3)C2)[C@@H]1c1ccc(Cl)cc1Cl. The summed E-state index contributed by atoms with van der Waals surface area (Å²) in [6.45, 7) is 5.44. The molecule has 0 radical (unpaired) electrons. The highest BCUT2D eigenvalue weighted by Crippen LogP contribution is 2.49. The number of ketones is 1. The molecule has 0 saturated heterocycles. The smallest absolute Gasteiger partial charge is 0.336 e. The number of dihydropyridines is 1. The van der Waals surface area contributed by atoms with E-state index < -0.39 is 35.5 Å². The number of nitrogens with one attached hydrogen (secondary N) is 1. The summed E-state index contributed by atoms with van der Waals surface area (Å²) in [5, 5.41) is 3.98. The number of rotatable bonds is 7. The van der Waals surface area contributed by atoms with Gasteiger partial charge in [0.25, 0.3) is 0 Å². The Bertz CT molecular complexity index is 1350. The van der Waals surface area contributed by atoms with Gasteiger partial charge in [-0.15, -0.1) is 0 Å². The summed E-state index contributed by atoms with van der Waals surface area (Å²) in [6.07, 6.45) is 0.326. The maximum atomic E-state index is 14.3. The molecule has 0 fully saturated rings. The van der Waals surface area contributed by atoms with Crippen LogP contribution >= 0.6 is 23.2 Å². The van der Waals surface area contributed by atoms with Crippen LogP contribution < -0.4 is 10.1 Å². The van der Waals surface area contributed by atoms with Crippen LogP contribution in [-0.4, -0.2) is 38.0 Å².